The van der Waals surface area contributed by atoms with Crippen LogP contribution in [0.5, 0.6) is 0 Å². The molecule has 22 heavy (non-hydrogen) atoms. The number of aromatic nitrogens is 1. The van der Waals surface area contributed by atoms with Crippen LogP contribution in [0.25, 0.3) is 0 Å². The number of aryl methyl sites for hydroxylation is 1. The Morgan fingerprint density at radius 3 is 2.73 bits per heavy atom. The van der Waals surface area contributed by atoms with Crippen molar-refractivity contribution in [2.45, 2.75) is 6.10 Å². The molecule has 1 aromatic heterocycles. The molecule has 5 nitrogen and oxygen atoms in total. The molecule has 2 aromatic rings. The highest BCUT2D eigenvalue weighted by Gasteiger charge is 2.26. The quantitative estimate of drug-likeness (QED) is 0.846. The van der Waals surface area contributed by atoms with E-state index in [9.17, 15) is 9.59 Å². The van der Waals surface area contributed by atoms with Crippen LogP contribution < -0.4 is 5.56 Å². The van der Waals surface area contributed by atoms with E-state index < -0.39 is 0 Å². The molecule has 0 saturated carbocycles. The van der Waals surface area contributed by atoms with Gasteiger partial charge in [0.25, 0.3) is 11.5 Å². The minimum absolute atomic E-state index is 0.120. The summed E-state index contributed by atoms with van der Waals surface area (Å²) in [6.07, 6.45) is 1.50. The Labute approximate surface area is 128 Å². The van der Waals surface area contributed by atoms with E-state index in [0.717, 1.165) is 5.56 Å². The molecule has 3 rings (SSSR count). The molecular weight excluding hydrogens is 280 g/mol. The molecule has 0 radical (unpaired) electrons. The second-order valence-electron chi connectivity index (χ2n) is 5.39. The molecule has 0 aliphatic carbocycles. The third-order valence-electron chi connectivity index (χ3n) is 3.88. The van der Waals surface area contributed by atoms with Crippen LogP contribution in [-0.2, 0) is 11.8 Å². The zero-order valence-corrected chi connectivity index (χ0v) is 12.4. The summed E-state index contributed by atoms with van der Waals surface area (Å²) in [6.45, 7) is 1.53. The fourth-order valence-electron chi connectivity index (χ4n) is 2.57. The number of hydrogen-bond donors (Lipinski definition) is 0. The monoisotopic (exact) mass is 298 g/mol. The molecule has 2 heterocycles. The molecule has 1 aliphatic rings. The Balaban J connectivity index is 1.78. The van der Waals surface area contributed by atoms with Crippen molar-refractivity contribution < 1.29 is 9.53 Å². The van der Waals surface area contributed by atoms with Gasteiger partial charge in [-0.25, -0.2) is 0 Å². The molecule has 114 valence electrons. The van der Waals surface area contributed by atoms with E-state index in [2.05, 4.69) is 0 Å². The van der Waals surface area contributed by atoms with Gasteiger partial charge in [0.05, 0.1) is 13.2 Å². The molecule has 0 N–H and O–H groups in total. The smallest absolute Gasteiger partial charge is 0.254 e. The number of benzene rings is 1. The van der Waals surface area contributed by atoms with Crippen molar-refractivity contribution in [3.05, 3.63) is 70.1 Å². The maximum atomic E-state index is 12.6. The first kappa shape index (κ1) is 14.5. The summed E-state index contributed by atoms with van der Waals surface area (Å²) in [5, 5.41) is 0. The van der Waals surface area contributed by atoms with Crippen molar-refractivity contribution in [2.24, 2.45) is 7.05 Å². The zero-order valence-electron chi connectivity index (χ0n) is 12.4. The Morgan fingerprint density at radius 2 is 2.00 bits per heavy atom. The van der Waals surface area contributed by atoms with E-state index in [0.29, 0.717) is 25.3 Å². The molecule has 1 amide bonds. The van der Waals surface area contributed by atoms with Crippen molar-refractivity contribution in [3.8, 4) is 0 Å². The Hall–Kier alpha value is -2.40. The molecule has 0 spiro atoms. The largest absolute Gasteiger partial charge is 0.370 e. The summed E-state index contributed by atoms with van der Waals surface area (Å²) in [5.41, 5.74) is 1.31. The van der Waals surface area contributed by atoms with Gasteiger partial charge in [0.1, 0.15) is 6.10 Å². The standard InChI is InChI=1S/C17H18N2O3/c1-18-8-7-14(11-16(18)20)17(21)19-9-10-22-15(12-19)13-5-3-2-4-6-13/h2-8,11,15H,9-10,12H2,1H3. The average molecular weight is 298 g/mol. The molecule has 1 unspecified atom stereocenters. The van der Waals surface area contributed by atoms with Crippen LogP contribution in [0.15, 0.2) is 53.5 Å². The van der Waals surface area contributed by atoms with Gasteiger partial charge in [-0.15, -0.1) is 0 Å². The first-order valence-electron chi connectivity index (χ1n) is 7.27. The molecular formula is C17H18N2O3. The molecule has 5 heteroatoms. The first-order valence-corrected chi connectivity index (χ1v) is 7.27. The summed E-state index contributed by atoms with van der Waals surface area (Å²) < 4.78 is 7.21. The van der Waals surface area contributed by atoms with Crippen LogP contribution in [0, 0.1) is 0 Å². The van der Waals surface area contributed by atoms with E-state index in [4.69, 9.17) is 4.74 Å². The van der Waals surface area contributed by atoms with Crippen LogP contribution in [0.1, 0.15) is 22.0 Å². The summed E-state index contributed by atoms with van der Waals surface area (Å²) in [4.78, 5) is 26.0. The summed E-state index contributed by atoms with van der Waals surface area (Å²) in [5.74, 6) is -0.123. The van der Waals surface area contributed by atoms with Gasteiger partial charge in [0, 0.05) is 31.4 Å². The highest BCUT2D eigenvalue weighted by Crippen LogP contribution is 2.22. The van der Waals surface area contributed by atoms with Gasteiger partial charge in [-0.2, -0.15) is 0 Å². The van der Waals surface area contributed by atoms with Crippen LogP contribution >= 0.6 is 0 Å². The topological polar surface area (TPSA) is 51.5 Å². The average Bonchev–Trinajstić information content (AvgIpc) is 2.57. The van der Waals surface area contributed by atoms with E-state index in [1.54, 1.807) is 24.2 Å². The fourth-order valence-corrected chi connectivity index (χ4v) is 2.57. The summed E-state index contributed by atoms with van der Waals surface area (Å²) in [7, 11) is 1.66. The van der Waals surface area contributed by atoms with Gasteiger partial charge in [-0.1, -0.05) is 30.3 Å². The van der Waals surface area contributed by atoms with Crippen LogP contribution in [0.2, 0.25) is 0 Å². The van der Waals surface area contributed by atoms with Gasteiger partial charge in [-0.05, 0) is 11.6 Å². The molecule has 1 aliphatic heterocycles. The highest BCUT2D eigenvalue weighted by molar-refractivity contribution is 5.94. The lowest BCUT2D eigenvalue weighted by Gasteiger charge is -2.33. The number of ether oxygens (including phenoxy) is 1. The summed E-state index contributed by atoms with van der Waals surface area (Å²) >= 11 is 0. The first-order chi connectivity index (χ1) is 10.6. The Bertz CT molecular complexity index is 724. The van der Waals surface area contributed by atoms with Crippen LogP contribution in [0.3, 0.4) is 0 Å². The maximum Gasteiger partial charge on any atom is 0.254 e. The van der Waals surface area contributed by atoms with Crippen molar-refractivity contribution in [1.82, 2.24) is 9.47 Å². The number of carbonyl (C=O) groups excluding carboxylic acids is 1. The third-order valence-corrected chi connectivity index (χ3v) is 3.88. The van der Waals surface area contributed by atoms with Crippen molar-refractivity contribution >= 4 is 5.91 Å². The zero-order chi connectivity index (χ0) is 15.5. The van der Waals surface area contributed by atoms with Gasteiger partial charge < -0.3 is 14.2 Å². The SMILES string of the molecule is Cn1ccc(C(=O)N2CCOC(c3ccccc3)C2)cc1=O. The molecule has 1 saturated heterocycles. The third kappa shape index (κ3) is 2.94. The van der Waals surface area contributed by atoms with Crippen molar-refractivity contribution in [2.75, 3.05) is 19.7 Å². The van der Waals surface area contributed by atoms with Crippen molar-refractivity contribution in [1.29, 1.82) is 0 Å². The predicted molar refractivity (Wildman–Crippen MR) is 82.7 cm³/mol. The molecule has 1 aromatic carbocycles. The van der Waals surface area contributed by atoms with Gasteiger partial charge in [0.2, 0.25) is 0 Å². The molecule has 1 fully saturated rings. The predicted octanol–water partition coefficient (Wildman–Crippen LogP) is 1.60. The minimum Gasteiger partial charge on any atom is -0.370 e. The van der Waals surface area contributed by atoms with Gasteiger partial charge >= 0.3 is 0 Å². The second-order valence-corrected chi connectivity index (χ2v) is 5.39. The van der Waals surface area contributed by atoms with Gasteiger partial charge in [-0.3, -0.25) is 9.59 Å². The highest BCUT2D eigenvalue weighted by atomic mass is 16.5. The lowest BCUT2D eigenvalue weighted by Crippen LogP contribution is -2.42. The van der Waals surface area contributed by atoms with Crippen LogP contribution in [0.4, 0.5) is 0 Å². The Kier molecular flexibility index (Phi) is 4.06. The van der Waals surface area contributed by atoms with E-state index in [1.165, 1.54) is 10.6 Å². The number of carbonyl (C=O) groups is 1. The number of rotatable bonds is 2. The van der Waals surface area contributed by atoms with E-state index >= 15 is 0 Å². The number of pyridine rings is 1. The van der Waals surface area contributed by atoms with Crippen LogP contribution in [-0.4, -0.2) is 35.1 Å². The number of nitrogens with zero attached hydrogens (tertiary/aromatic N) is 2. The molecule has 1 atom stereocenters. The van der Waals surface area contributed by atoms with E-state index in [1.807, 2.05) is 30.3 Å². The molecule has 0 bridgehead atoms. The fraction of sp³-hybridized carbons (Fsp3) is 0.294. The minimum atomic E-state index is -0.182. The number of morpholine rings is 1. The summed E-state index contributed by atoms with van der Waals surface area (Å²) in [6, 6.07) is 12.9. The number of hydrogen-bond acceptors (Lipinski definition) is 3. The number of amides is 1. The van der Waals surface area contributed by atoms with Crippen molar-refractivity contribution in [3.63, 3.8) is 0 Å². The normalized spacial score (nSPS) is 18.2. The van der Waals surface area contributed by atoms with E-state index in [-0.39, 0.29) is 17.6 Å². The lowest BCUT2D eigenvalue weighted by molar-refractivity contribution is -0.0228. The lowest BCUT2D eigenvalue weighted by atomic mass is 10.1. The second kappa shape index (κ2) is 6.15. The van der Waals surface area contributed by atoms with Gasteiger partial charge in [0.15, 0.2) is 0 Å². The maximum absolute atomic E-state index is 12.6. The Morgan fingerprint density at radius 1 is 1.23 bits per heavy atom.